The Morgan fingerprint density at radius 3 is 2.16 bits per heavy atom. The fourth-order valence-electron chi connectivity index (χ4n) is 1.52. The number of carboxylic acids is 1. The molecule has 6 nitrogen and oxygen atoms in total. The molecular weight excluding hydrogens is 268 g/mol. The Morgan fingerprint density at radius 1 is 1.26 bits per heavy atom. The van der Waals surface area contributed by atoms with Gasteiger partial charge >= 0.3 is 5.97 Å². The van der Waals surface area contributed by atoms with Gasteiger partial charge in [-0.25, -0.2) is 4.79 Å². The van der Waals surface area contributed by atoms with Gasteiger partial charge in [0.15, 0.2) is 0 Å². The van der Waals surface area contributed by atoms with Gasteiger partial charge in [0.1, 0.15) is 6.04 Å². The van der Waals surface area contributed by atoms with Gasteiger partial charge in [0, 0.05) is 25.8 Å². The van der Waals surface area contributed by atoms with E-state index in [2.05, 4.69) is 5.32 Å². The molecule has 0 aliphatic rings. The first-order valence-corrected chi connectivity index (χ1v) is 7.28. The van der Waals surface area contributed by atoms with Crippen LogP contribution in [0, 0.1) is 0 Å². The maximum Gasteiger partial charge on any atom is 0.327 e. The fraction of sp³-hybridized carbons (Fsp3) is 0.750. The first-order valence-electron chi connectivity index (χ1n) is 6.23. The van der Waals surface area contributed by atoms with Crippen LogP contribution in [-0.4, -0.2) is 57.9 Å². The van der Waals surface area contributed by atoms with Gasteiger partial charge in [0.05, 0.1) is 5.25 Å². The average molecular weight is 290 g/mol. The molecule has 0 aromatic carbocycles. The highest BCUT2D eigenvalue weighted by molar-refractivity contribution is 8.00. The van der Waals surface area contributed by atoms with Crippen LogP contribution >= 0.6 is 11.8 Å². The summed E-state index contributed by atoms with van der Waals surface area (Å²) in [7, 11) is 0. The Morgan fingerprint density at radius 2 is 1.79 bits per heavy atom. The minimum absolute atomic E-state index is 0.0121. The molecule has 0 fully saturated rings. The minimum atomic E-state index is -1.09. The molecule has 1 unspecified atom stereocenters. The number of nitrogens with one attached hydrogen (secondary N) is 1. The molecule has 0 spiro atoms. The van der Waals surface area contributed by atoms with Gasteiger partial charge in [0.2, 0.25) is 11.8 Å². The second kappa shape index (κ2) is 8.79. The monoisotopic (exact) mass is 290 g/mol. The van der Waals surface area contributed by atoms with E-state index in [1.54, 1.807) is 11.8 Å². The van der Waals surface area contributed by atoms with Gasteiger partial charge < -0.3 is 15.3 Å². The van der Waals surface area contributed by atoms with Crippen LogP contribution in [0.2, 0.25) is 0 Å². The summed E-state index contributed by atoms with van der Waals surface area (Å²) in [6.45, 7) is 8.08. The highest BCUT2D eigenvalue weighted by Gasteiger charge is 2.23. The van der Waals surface area contributed by atoms with Crippen molar-refractivity contribution in [3.63, 3.8) is 0 Å². The number of nitrogens with zero attached hydrogens (tertiary/aromatic N) is 1. The van der Waals surface area contributed by atoms with Crippen LogP contribution in [0.15, 0.2) is 0 Å². The number of thioether (sulfide) groups is 1. The molecule has 0 heterocycles. The van der Waals surface area contributed by atoms with E-state index in [0.717, 1.165) is 0 Å². The zero-order valence-corrected chi connectivity index (χ0v) is 12.6. The van der Waals surface area contributed by atoms with Crippen LogP contribution in [0.5, 0.6) is 0 Å². The number of hydrogen-bond acceptors (Lipinski definition) is 4. The number of carbonyl (C=O) groups is 3. The van der Waals surface area contributed by atoms with Crippen molar-refractivity contribution in [2.45, 2.75) is 39.0 Å². The number of amides is 2. The molecule has 0 rings (SSSR count). The predicted octanol–water partition coefficient (Wildman–Crippen LogP) is 0.566. The van der Waals surface area contributed by atoms with E-state index in [0.29, 0.717) is 13.1 Å². The zero-order valence-electron chi connectivity index (χ0n) is 11.8. The summed E-state index contributed by atoms with van der Waals surface area (Å²) in [5.74, 6) is -1.33. The molecule has 0 aliphatic heterocycles. The molecule has 2 N–H and O–H groups in total. The number of carboxylic acid groups (broad SMARTS) is 1. The van der Waals surface area contributed by atoms with E-state index < -0.39 is 17.9 Å². The van der Waals surface area contributed by atoms with Crippen LogP contribution in [-0.2, 0) is 14.4 Å². The zero-order chi connectivity index (χ0) is 15.0. The lowest BCUT2D eigenvalue weighted by atomic mass is 10.3. The molecule has 2 amide bonds. The third kappa shape index (κ3) is 6.47. The molecule has 110 valence electrons. The lowest BCUT2D eigenvalue weighted by molar-refractivity contribution is -0.140. The Labute approximate surface area is 117 Å². The molecule has 0 saturated carbocycles. The first kappa shape index (κ1) is 17.8. The van der Waals surface area contributed by atoms with Gasteiger partial charge in [0.25, 0.3) is 0 Å². The summed E-state index contributed by atoms with van der Waals surface area (Å²) in [6.07, 6.45) is 0. The van der Waals surface area contributed by atoms with E-state index >= 15 is 0 Å². The van der Waals surface area contributed by atoms with Gasteiger partial charge in [-0.05, 0) is 20.8 Å². The third-order valence-corrected chi connectivity index (χ3v) is 3.84. The quantitative estimate of drug-likeness (QED) is 0.682. The normalized spacial score (nSPS) is 13.5. The van der Waals surface area contributed by atoms with Crippen LogP contribution < -0.4 is 5.32 Å². The fourth-order valence-corrected chi connectivity index (χ4v) is 2.52. The lowest BCUT2D eigenvalue weighted by Gasteiger charge is -2.23. The van der Waals surface area contributed by atoms with Crippen molar-refractivity contribution in [3.8, 4) is 0 Å². The Hall–Kier alpha value is -1.24. The van der Waals surface area contributed by atoms with Crippen molar-refractivity contribution in [3.05, 3.63) is 0 Å². The molecule has 0 radical (unpaired) electrons. The van der Waals surface area contributed by atoms with E-state index in [1.165, 1.54) is 18.7 Å². The molecule has 0 aromatic heterocycles. The maximum atomic E-state index is 12.0. The summed E-state index contributed by atoms with van der Waals surface area (Å²) in [6, 6.07) is -0.963. The number of carbonyl (C=O) groups excluding carboxylic acids is 2. The standard InChI is InChI=1S/C12H22N2O4S/c1-5-14(6-2)11(16)8(3)19-7-10(12(17)18)13-9(4)15/h8,10H,5-7H2,1-4H3,(H,13,15)(H,17,18)/t8?,10-/m0/s1. The van der Waals surface area contributed by atoms with Crippen LogP contribution in [0.25, 0.3) is 0 Å². The highest BCUT2D eigenvalue weighted by atomic mass is 32.2. The predicted molar refractivity (Wildman–Crippen MR) is 75.1 cm³/mol. The Bertz CT molecular complexity index is 332. The highest BCUT2D eigenvalue weighted by Crippen LogP contribution is 2.15. The Balaban J connectivity index is 4.39. The van der Waals surface area contributed by atoms with Crippen molar-refractivity contribution in [2.75, 3.05) is 18.8 Å². The Kier molecular flexibility index (Phi) is 8.22. The van der Waals surface area contributed by atoms with Crippen molar-refractivity contribution < 1.29 is 19.5 Å². The van der Waals surface area contributed by atoms with E-state index in [9.17, 15) is 14.4 Å². The van der Waals surface area contributed by atoms with E-state index in [4.69, 9.17) is 5.11 Å². The molecule has 0 bridgehead atoms. The molecule has 2 atom stereocenters. The van der Waals surface area contributed by atoms with Gasteiger partial charge in [-0.15, -0.1) is 11.8 Å². The van der Waals surface area contributed by atoms with Gasteiger partial charge in [-0.3, -0.25) is 9.59 Å². The van der Waals surface area contributed by atoms with Crippen LogP contribution in [0.1, 0.15) is 27.7 Å². The molecule has 0 saturated heterocycles. The summed E-state index contributed by atoms with van der Waals surface area (Å²) < 4.78 is 0. The van der Waals surface area contributed by atoms with Crippen molar-refractivity contribution in [2.24, 2.45) is 0 Å². The molecule has 19 heavy (non-hydrogen) atoms. The maximum absolute atomic E-state index is 12.0. The molecule has 7 heteroatoms. The number of hydrogen-bond donors (Lipinski definition) is 2. The third-order valence-electron chi connectivity index (χ3n) is 2.61. The molecule has 0 aromatic rings. The topological polar surface area (TPSA) is 86.7 Å². The average Bonchev–Trinajstić information content (AvgIpc) is 2.34. The molecule has 0 aliphatic carbocycles. The van der Waals surface area contributed by atoms with Crippen LogP contribution in [0.3, 0.4) is 0 Å². The first-order chi connectivity index (χ1) is 8.83. The molecular formula is C12H22N2O4S. The summed E-state index contributed by atoms with van der Waals surface area (Å²) in [5, 5.41) is 11.0. The van der Waals surface area contributed by atoms with E-state index in [-0.39, 0.29) is 16.9 Å². The number of rotatable bonds is 8. The second-order valence-corrected chi connectivity index (χ2v) is 5.45. The van der Waals surface area contributed by atoms with Crippen molar-refractivity contribution in [1.29, 1.82) is 0 Å². The van der Waals surface area contributed by atoms with Crippen LogP contribution in [0.4, 0.5) is 0 Å². The largest absolute Gasteiger partial charge is 0.480 e. The smallest absolute Gasteiger partial charge is 0.327 e. The van der Waals surface area contributed by atoms with Crippen molar-refractivity contribution >= 4 is 29.5 Å². The lowest BCUT2D eigenvalue weighted by Crippen LogP contribution is -2.43. The number of aliphatic carboxylic acids is 1. The summed E-state index contributed by atoms with van der Waals surface area (Å²) in [5.41, 5.74) is 0. The SMILES string of the molecule is CCN(CC)C(=O)C(C)SC[C@H](NC(C)=O)C(=O)O. The summed E-state index contributed by atoms with van der Waals surface area (Å²) in [4.78, 5) is 35.5. The van der Waals surface area contributed by atoms with Gasteiger partial charge in [-0.2, -0.15) is 0 Å². The second-order valence-electron chi connectivity index (χ2n) is 4.08. The van der Waals surface area contributed by atoms with E-state index in [1.807, 2.05) is 13.8 Å². The minimum Gasteiger partial charge on any atom is -0.480 e. The summed E-state index contributed by atoms with van der Waals surface area (Å²) >= 11 is 1.24. The van der Waals surface area contributed by atoms with Gasteiger partial charge in [-0.1, -0.05) is 0 Å². The van der Waals surface area contributed by atoms with Crippen molar-refractivity contribution in [1.82, 2.24) is 10.2 Å².